The second-order valence-corrected chi connectivity index (χ2v) is 6.58. The number of alkyl halides is 4. The number of carbonyl (C=O) groups is 1. The summed E-state index contributed by atoms with van der Waals surface area (Å²) < 4.78 is 38.1. The number of benzene rings is 1. The summed E-state index contributed by atoms with van der Waals surface area (Å²) in [6, 6.07) is 3.47. The molecule has 1 aromatic rings. The third-order valence-corrected chi connectivity index (χ3v) is 3.37. The van der Waals surface area contributed by atoms with Crippen molar-refractivity contribution < 1.29 is 18.0 Å². The van der Waals surface area contributed by atoms with Crippen molar-refractivity contribution in [1.82, 2.24) is 4.90 Å². The van der Waals surface area contributed by atoms with Gasteiger partial charge in [-0.1, -0.05) is 38.8 Å². The van der Waals surface area contributed by atoms with Crippen LogP contribution in [0.3, 0.4) is 0 Å². The normalized spacial score (nSPS) is 13.2. The fourth-order valence-corrected chi connectivity index (χ4v) is 2.46. The van der Waals surface area contributed by atoms with E-state index in [-0.39, 0.29) is 14.9 Å². The van der Waals surface area contributed by atoms with Gasteiger partial charge in [0, 0.05) is 28.5 Å². The Morgan fingerprint density at radius 2 is 2.00 bits per heavy atom. The van der Waals surface area contributed by atoms with Gasteiger partial charge in [0.2, 0.25) is 0 Å². The molecule has 0 aliphatic heterocycles. The standard InChI is InChI=1S/C12H12Br2F3NO/c1-7(13)6-18(2)11(19)8-3-4-10(14)9(5-8)12(15,16)17/h3-5,7H,6H2,1-2H3. The molecule has 0 heterocycles. The molecule has 0 aromatic heterocycles. The van der Waals surface area contributed by atoms with Gasteiger partial charge in [-0.15, -0.1) is 0 Å². The summed E-state index contributed by atoms with van der Waals surface area (Å²) in [4.78, 5) is 13.4. The monoisotopic (exact) mass is 401 g/mol. The molecular weight excluding hydrogens is 391 g/mol. The van der Waals surface area contributed by atoms with Crippen LogP contribution in [0.25, 0.3) is 0 Å². The van der Waals surface area contributed by atoms with Crippen molar-refractivity contribution in [2.45, 2.75) is 17.9 Å². The van der Waals surface area contributed by atoms with Gasteiger partial charge < -0.3 is 4.90 Å². The molecule has 7 heteroatoms. The first-order valence-electron chi connectivity index (χ1n) is 5.39. The summed E-state index contributed by atoms with van der Waals surface area (Å²) in [6.07, 6.45) is -4.49. The van der Waals surface area contributed by atoms with E-state index in [4.69, 9.17) is 0 Å². The number of halogens is 5. The van der Waals surface area contributed by atoms with Gasteiger partial charge in [0.15, 0.2) is 0 Å². The highest BCUT2D eigenvalue weighted by Gasteiger charge is 2.33. The molecule has 0 saturated heterocycles. The Kier molecular flexibility index (Phi) is 5.43. The molecule has 1 rings (SSSR count). The summed E-state index contributed by atoms with van der Waals surface area (Å²) in [7, 11) is 1.55. The maximum Gasteiger partial charge on any atom is 0.417 e. The van der Waals surface area contributed by atoms with E-state index < -0.39 is 17.6 Å². The molecule has 0 radical (unpaired) electrons. The first-order chi connectivity index (χ1) is 8.62. The highest BCUT2D eigenvalue weighted by Crippen LogP contribution is 2.35. The minimum atomic E-state index is -4.49. The summed E-state index contributed by atoms with van der Waals surface area (Å²) in [5.74, 6) is -0.440. The Hall–Kier alpha value is -0.560. The van der Waals surface area contributed by atoms with Crippen LogP contribution in [-0.2, 0) is 6.18 Å². The summed E-state index contributed by atoms with van der Waals surface area (Å²) in [5.41, 5.74) is -0.829. The van der Waals surface area contributed by atoms with Crippen molar-refractivity contribution >= 4 is 37.8 Å². The highest BCUT2D eigenvalue weighted by molar-refractivity contribution is 9.10. The van der Waals surface area contributed by atoms with E-state index in [2.05, 4.69) is 31.9 Å². The van der Waals surface area contributed by atoms with Gasteiger partial charge in [-0.25, -0.2) is 0 Å². The largest absolute Gasteiger partial charge is 0.417 e. The number of rotatable bonds is 3. The van der Waals surface area contributed by atoms with Crippen LogP contribution in [0, 0.1) is 0 Å². The molecule has 106 valence electrons. The average molecular weight is 403 g/mol. The zero-order chi connectivity index (χ0) is 14.8. The van der Waals surface area contributed by atoms with Gasteiger partial charge in [0.1, 0.15) is 0 Å². The molecule has 1 aromatic carbocycles. The number of hydrogen-bond donors (Lipinski definition) is 0. The van der Waals surface area contributed by atoms with Crippen molar-refractivity contribution in [2.24, 2.45) is 0 Å². The fraction of sp³-hybridized carbons (Fsp3) is 0.417. The molecule has 1 unspecified atom stereocenters. The molecule has 0 saturated carbocycles. The molecular formula is C12H12Br2F3NO. The van der Waals surface area contributed by atoms with Crippen molar-refractivity contribution in [2.75, 3.05) is 13.6 Å². The van der Waals surface area contributed by atoms with E-state index in [9.17, 15) is 18.0 Å². The third kappa shape index (κ3) is 4.49. The van der Waals surface area contributed by atoms with Gasteiger partial charge >= 0.3 is 6.18 Å². The van der Waals surface area contributed by atoms with Crippen molar-refractivity contribution in [1.29, 1.82) is 0 Å². The predicted octanol–water partition coefficient (Wildman–Crippen LogP) is 4.32. The Labute approximate surface area is 126 Å². The molecule has 0 bridgehead atoms. The van der Waals surface area contributed by atoms with E-state index in [1.54, 1.807) is 7.05 Å². The quantitative estimate of drug-likeness (QED) is 0.689. The van der Waals surface area contributed by atoms with Crippen LogP contribution in [0.5, 0.6) is 0 Å². The van der Waals surface area contributed by atoms with Crippen LogP contribution in [0.15, 0.2) is 22.7 Å². The van der Waals surface area contributed by atoms with Gasteiger partial charge in [-0.3, -0.25) is 4.79 Å². The summed E-state index contributed by atoms with van der Waals surface area (Å²) >= 11 is 6.13. The zero-order valence-electron chi connectivity index (χ0n) is 10.3. The van der Waals surface area contributed by atoms with Gasteiger partial charge in [-0.2, -0.15) is 13.2 Å². The van der Waals surface area contributed by atoms with Crippen LogP contribution < -0.4 is 0 Å². The average Bonchev–Trinajstić information content (AvgIpc) is 2.26. The Bertz CT molecular complexity index is 475. The maximum atomic E-state index is 12.7. The lowest BCUT2D eigenvalue weighted by Crippen LogP contribution is -2.31. The molecule has 0 fully saturated rings. The van der Waals surface area contributed by atoms with Crippen LogP contribution in [-0.4, -0.2) is 29.2 Å². The van der Waals surface area contributed by atoms with E-state index in [1.807, 2.05) is 6.92 Å². The highest BCUT2D eigenvalue weighted by atomic mass is 79.9. The summed E-state index contributed by atoms with van der Waals surface area (Å²) in [6.45, 7) is 2.27. The van der Waals surface area contributed by atoms with Crippen molar-refractivity contribution in [3.05, 3.63) is 33.8 Å². The predicted molar refractivity (Wildman–Crippen MR) is 74.5 cm³/mol. The molecule has 0 spiro atoms. The first kappa shape index (κ1) is 16.5. The fourth-order valence-electron chi connectivity index (χ4n) is 1.56. The number of amides is 1. The molecule has 1 amide bonds. The topological polar surface area (TPSA) is 20.3 Å². The maximum absolute atomic E-state index is 12.7. The summed E-state index contributed by atoms with van der Waals surface area (Å²) in [5, 5.41) is 0. The first-order valence-corrected chi connectivity index (χ1v) is 7.10. The van der Waals surface area contributed by atoms with Crippen LogP contribution in [0.1, 0.15) is 22.8 Å². The molecule has 0 aliphatic rings. The Balaban J connectivity index is 3.06. The molecule has 19 heavy (non-hydrogen) atoms. The van der Waals surface area contributed by atoms with Gasteiger partial charge in [0.25, 0.3) is 5.91 Å². The SMILES string of the molecule is CC(Br)CN(C)C(=O)c1ccc(Br)c(C(F)(F)F)c1. The van der Waals surface area contributed by atoms with E-state index in [1.165, 1.54) is 17.0 Å². The Morgan fingerprint density at radius 1 is 1.42 bits per heavy atom. The second-order valence-electron chi connectivity index (χ2n) is 4.16. The van der Waals surface area contributed by atoms with Crippen LogP contribution in [0.4, 0.5) is 13.2 Å². The van der Waals surface area contributed by atoms with Gasteiger partial charge in [0.05, 0.1) is 5.56 Å². The van der Waals surface area contributed by atoms with E-state index in [0.29, 0.717) is 6.54 Å². The minimum Gasteiger partial charge on any atom is -0.341 e. The number of hydrogen-bond acceptors (Lipinski definition) is 1. The van der Waals surface area contributed by atoms with E-state index in [0.717, 1.165) is 6.07 Å². The van der Waals surface area contributed by atoms with Crippen LogP contribution >= 0.6 is 31.9 Å². The number of carbonyl (C=O) groups excluding carboxylic acids is 1. The Morgan fingerprint density at radius 3 is 2.47 bits per heavy atom. The zero-order valence-corrected chi connectivity index (χ0v) is 13.4. The van der Waals surface area contributed by atoms with Crippen LogP contribution in [0.2, 0.25) is 0 Å². The molecule has 0 N–H and O–H groups in total. The van der Waals surface area contributed by atoms with Crippen molar-refractivity contribution in [3.63, 3.8) is 0 Å². The smallest absolute Gasteiger partial charge is 0.341 e. The molecule has 0 aliphatic carbocycles. The lowest BCUT2D eigenvalue weighted by Gasteiger charge is -2.19. The second kappa shape index (κ2) is 6.26. The van der Waals surface area contributed by atoms with Crippen molar-refractivity contribution in [3.8, 4) is 0 Å². The third-order valence-electron chi connectivity index (χ3n) is 2.39. The minimum absolute atomic E-state index is 0.0196. The molecule has 2 nitrogen and oxygen atoms in total. The van der Waals surface area contributed by atoms with E-state index >= 15 is 0 Å². The lowest BCUT2D eigenvalue weighted by atomic mass is 10.1. The van der Waals surface area contributed by atoms with Gasteiger partial charge in [-0.05, 0) is 18.2 Å². The lowest BCUT2D eigenvalue weighted by molar-refractivity contribution is -0.138. The molecule has 1 atom stereocenters. The number of nitrogens with zero attached hydrogens (tertiary/aromatic N) is 1.